The average molecular weight is 619 g/mol. The molecule has 0 saturated carbocycles. The van der Waals surface area contributed by atoms with Gasteiger partial charge in [-0.1, -0.05) is 53.8 Å². The molecule has 0 fully saturated rings. The third kappa shape index (κ3) is 4.49. The van der Waals surface area contributed by atoms with E-state index in [0.717, 1.165) is 51.4 Å². The minimum Gasteiger partial charge on any atom is -0.493 e. The molecule has 0 unspecified atom stereocenters. The van der Waals surface area contributed by atoms with Gasteiger partial charge in [0.25, 0.3) is 5.56 Å². The molecule has 0 amide bonds. The van der Waals surface area contributed by atoms with E-state index in [4.69, 9.17) is 18.9 Å². The Kier molecular flexibility index (Phi) is 6.53. The number of aromatic amines is 1. The molecule has 6 aromatic rings. The Bertz CT molecular complexity index is 2260. The Morgan fingerprint density at radius 3 is 2.70 bits per heavy atom. The van der Waals surface area contributed by atoms with Crippen molar-refractivity contribution >= 4 is 45.9 Å². The predicted molar refractivity (Wildman–Crippen MR) is 171 cm³/mol. The predicted octanol–water partition coefficient (Wildman–Crippen LogP) is 5.96. The number of aryl methyl sites for hydroxylation is 1. The van der Waals surface area contributed by atoms with E-state index < -0.39 is 0 Å². The Hall–Kier alpha value is -4.80. The number of benzene rings is 3. The number of para-hydroxylation sites is 2. The van der Waals surface area contributed by atoms with Crippen LogP contribution in [0.25, 0.3) is 22.8 Å². The summed E-state index contributed by atoms with van der Waals surface area (Å²) in [6.45, 7) is 0. The van der Waals surface area contributed by atoms with Crippen LogP contribution in [-0.2, 0) is 6.42 Å². The molecule has 44 heavy (non-hydrogen) atoms. The van der Waals surface area contributed by atoms with Gasteiger partial charge in [0, 0.05) is 11.6 Å². The highest BCUT2D eigenvalue weighted by atomic mass is 32.2. The minimum atomic E-state index is -0.327. The standard InChI is InChI=1S/C34H26N4O4S2/c1-40-26-15-12-20(17-27(26)41-2)31-23-14-11-19-7-3-4-8-22(19)30(23)37-34-38(31)32(39)28(43-34)18-21-13-16-29(42-21)44-33-35-24-9-5-6-10-25(24)36-33/h3-10,12-13,15-18,31H,11,14H2,1-2H3,(H,35,36)/t31-/m0/s1. The topological polar surface area (TPSA) is 94.6 Å². The molecular weight excluding hydrogens is 593 g/mol. The van der Waals surface area contributed by atoms with Crippen molar-refractivity contribution in [2.24, 2.45) is 4.99 Å². The number of rotatable bonds is 6. The molecule has 0 saturated heterocycles. The van der Waals surface area contributed by atoms with Crippen molar-refractivity contribution in [2.45, 2.75) is 29.1 Å². The first-order chi connectivity index (χ1) is 21.6. The van der Waals surface area contributed by atoms with Crippen LogP contribution >= 0.6 is 23.1 Å². The summed E-state index contributed by atoms with van der Waals surface area (Å²) in [5.74, 6) is 1.85. The highest BCUT2D eigenvalue weighted by Gasteiger charge is 2.33. The summed E-state index contributed by atoms with van der Waals surface area (Å²) in [5, 5.41) is 1.42. The maximum atomic E-state index is 14.1. The number of ether oxygens (including phenoxy) is 2. The van der Waals surface area contributed by atoms with Crippen molar-refractivity contribution in [3.8, 4) is 11.5 Å². The molecule has 8 nitrogen and oxygen atoms in total. The van der Waals surface area contributed by atoms with Gasteiger partial charge in [-0.05, 0) is 77.7 Å². The van der Waals surface area contributed by atoms with E-state index in [-0.39, 0.29) is 11.6 Å². The molecular formula is C34H26N4O4S2. The fraction of sp³-hybridized carbons (Fsp3) is 0.147. The molecule has 10 heteroatoms. The van der Waals surface area contributed by atoms with Gasteiger partial charge in [0.2, 0.25) is 0 Å². The molecule has 1 aliphatic carbocycles. The van der Waals surface area contributed by atoms with E-state index >= 15 is 0 Å². The SMILES string of the molecule is COc1ccc([C@H]2C3=C(N=c4sc(=Cc5ccc(Sc6nc7ccccc7[nH]6)o5)c(=O)n42)c2ccccc2CC3)cc1OC. The van der Waals surface area contributed by atoms with Gasteiger partial charge in [-0.3, -0.25) is 9.36 Å². The Morgan fingerprint density at radius 2 is 1.84 bits per heavy atom. The average Bonchev–Trinajstić information content (AvgIpc) is 3.76. The number of hydrogen-bond donors (Lipinski definition) is 1. The lowest BCUT2D eigenvalue weighted by molar-refractivity contribution is 0.354. The second kappa shape index (κ2) is 10.7. The number of thiazole rings is 1. The highest BCUT2D eigenvalue weighted by Crippen LogP contribution is 2.42. The van der Waals surface area contributed by atoms with Crippen LogP contribution in [0.3, 0.4) is 0 Å². The van der Waals surface area contributed by atoms with Gasteiger partial charge < -0.3 is 18.9 Å². The number of aromatic nitrogens is 3. The van der Waals surface area contributed by atoms with Gasteiger partial charge in [-0.15, -0.1) is 0 Å². The van der Waals surface area contributed by atoms with Gasteiger partial charge in [0.1, 0.15) is 5.76 Å². The Balaban J connectivity index is 1.23. The minimum absolute atomic E-state index is 0.109. The number of nitrogens with one attached hydrogen (secondary N) is 1. The summed E-state index contributed by atoms with van der Waals surface area (Å²) in [6.07, 6.45) is 3.49. The van der Waals surface area contributed by atoms with E-state index in [1.54, 1.807) is 20.3 Å². The lowest BCUT2D eigenvalue weighted by Gasteiger charge is -2.31. The van der Waals surface area contributed by atoms with Crippen LogP contribution in [0, 0.1) is 0 Å². The van der Waals surface area contributed by atoms with E-state index in [1.807, 2.05) is 65.2 Å². The number of furan rings is 1. The first-order valence-electron chi connectivity index (χ1n) is 14.2. The van der Waals surface area contributed by atoms with E-state index in [9.17, 15) is 4.79 Å². The van der Waals surface area contributed by atoms with E-state index in [2.05, 4.69) is 28.2 Å². The van der Waals surface area contributed by atoms with Crippen molar-refractivity contribution in [1.29, 1.82) is 0 Å². The van der Waals surface area contributed by atoms with Crippen LogP contribution in [0.4, 0.5) is 0 Å². The number of imidazole rings is 1. The van der Waals surface area contributed by atoms with Crippen LogP contribution in [0.2, 0.25) is 0 Å². The molecule has 1 atom stereocenters. The first-order valence-corrected chi connectivity index (χ1v) is 15.8. The van der Waals surface area contributed by atoms with Crippen LogP contribution < -0.4 is 24.4 Å². The van der Waals surface area contributed by atoms with Gasteiger partial charge in [-0.25, -0.2) is 9.98 Å². The van der Waals surface area contributed by atoms with Crippen molar-refractivity contribution in [3.63, 3.8) is 0 Å². The van der Waals surface area contributed by atoms with E-state index in [1.165, 1.54) is 28.7 Å². The maximum absolute atomic E-state index is 14.1. The summed E-state index contributed by atoms with van der Waals surface area (Å²) in [6, 6.07) is 25.6. The third-order valence-electron chi connectivity index (χ3n) is 8.04. The second-order valence-corrected chi connectivity index (χ2v) is 12.5. The maximum Gasteiger partial charge on any atom is 0.271 e. The third-order valence-corrected chi connectivity index (χ3v) is 9.83. The lowest BCUT2D eigenvalue weighted by Crippen LogP contribution is -2.38. The van der Waals surface area contributed by atoms with Crippen molar-refractivity contribution in [1.82, 2.24) is 14.5 Å². The molecule has 1 aliphatic heterocycles. The van der Waals surface area contributed by atoms with Crippen LogP contribution in [0.1, 0.15) is 34.9 Å². The summed E-state index contributed by atoms with van der Waals surface area (Å²) < 4.78 is 19.6. The zero-order chi connectivity index (χ0) is 29.8. The first kappa shape index (κ1) is 26.8. The van der Waals surface area contributed by atoms with Crippen molar-refractivity contribution in [2.75, 3.05) is 14.2 Å². The summed E-state index contributed by atoms with van der Waals surface area (Å²) >= 11 is 2.78. The zero-order valence-electron chi connectivity index (χ0n) is 23.9. The number of allylic oxidation sites excluding steroid dienone is 1. The molecule has 8 rings (SSSR count). The summed E-state index contributed by atoms with van der Waals surface area (Å²) in [5.41, 5.74) is 7.16. The van der Waals surface area contributed by atoms with E-state index in [0.29, 0.717) is 31.7 Å². The lowest BCUT2D eigenvalue weighted by atomic mass is 9.83. The quantitative estimate of drug-likeness (QED) is 0.248. The monoisotopic (exact) mass is 618 g/mol. The molecule has 0 spiro atoms. The van der Waals surface area contributed by atoms with Crippen molar-refractivity contribution < 1.29 is 13.9 Å². The summed E-state index contributed by atoms with van der Waals surface area (Å²) in [4.78, 5) is 27.8. The van der Waals surface area contributed by atoms with Crippen LogP contribution in [0.15, 0.2) is 109 Å². The second-order valence-electron chi connectivity index (χ2n) is 10.5. The largest absolute Gasteiger partial charge is 0.493 e. The molecule has 3 aromatic heterocycles. The molecule has 3 aromatic carbocycles. The molecule has 2 aliphatic rings. The number of nitrogens with zero attached hydrogens (tertiary/aromatic N) is 3. The molecule has 0 bridgehead atoms. The van der Waals surface area contributed by atoms with Gasteiger partial charge >= 0.3 is 0 Å². The molecule has 0 radical (unpaired) electrons. The van der Waals surface area contributed by atoms with Gasteiger partial charge in [-0.2, -0.15) is 0 Å². The zero-order valence-corrected chi connectivity index (χ0v) is 25.5. The van der Waals surface area contributed by atoms with Gasteiger partial charge in [0.05, 0.1) is 41.5 Å². The number of hydrogen-bond acceptors (Lipinski definition) is 8. The fourth-order valence-electron chi connectivity index (χ4n) is 6.01. The fourth-order valence-corrected chi connectivity index (χ4v) is 7.76. The normalized spacial score (nSPS) is 16.0. The van der Waals surface area contributed by atoms with Gasteiger partial charge in [0.15, 0.2) is 26.5 Å². The summed E-state index contributed by atoms with van der Waals surface area (Å²) in [7, 11) is 3.24. The van der Waals surface area contributed by atoms with Crippen LogP contribution in [0.5, 0.6) is 11.5 Å². The number of H-pyrrole nitrogens is 1. The number of methoxy groups -OCH3 is 2. The molecule has 4 heterocycles. The highest BCUT2D eigenvalue weighted by molar-refractivity contribution is 7.99. The Morgan fingerprint density at radius 1 is 1.00 bits per heavy atom. The molecule has 218 valence electrons. The van der Waals surface area contributed by atoms with Crippen LogP contribution in [-0.4, -0.2) is 28.8 Å². The molecule has 1 N–H and O–H groups in total. The smallest absolute Gasteiger partial charge is 0.271 e. The number of fused-ring (bicyclic) bond motifs is 4. The Labute approximate surface area is 260 Å². The van der Waals surface area contributed by atoms with Crippen molar-refractivity contribution in [3.05, 3.63) is 127 Å².